The summed E-state index contributed by atoms with van der Waals surface area (Å²) < 4.78 is 0. The van der Waals surface area contributed by atoms with Gasteiger partial charge in [0.1, 0.15) is 0 Å². The summed E-state index contributed by atoms with van der Waals surface area (Å²) in [4.78, 5) is 0. The molecule has 1 aliphatic carbocycles. The van der Waals surface area contributed by atoms with Crippen LogP contribution in [0.3, 0.4) is 0 Å². The van der Waals surface area contributed by atoms with E-state index >= 15 is 0 Å². The predicted molar refractivity (Wildman–Crippen MR) is 47.4 cm³/mol. The molecule has 0 saturated heterocycles. The SMILES string of the molecule is CC(C)[C@@H](CO)CC1CCC1. The Morgan fingerprint density at radius 2 is 2.00 bits per heavy atom. The molecule has 0 aliphatic heterocycles. The first-order chi connectivity index (χ1) is 5.24. The van der Waals surface area contributed by atoms with Gasteiger partial charge in [-0.3, -0.25) is 0 Å². The maximum atomic E-state index is 9.06. The van der Waals surface area contributed by atoms with Crippen molar-refractivity contribution >= 4 is 0 Å². The Morgan fingerprint density at radius 3 is 2.27 bits per heavy atom. The first-order valence-electron chi connectivity index (χ1n) is 4.85. The molecule has 11 heavy (non-hydrogen) atoms. The van der Waals surface area contributed by atoms with E-state index in [2.05, 4.69) is 13.8 Å². The summed E-state index contributed by atoms with van der Waals surface area (Å²) in [5, 5.41) is 9.06. The highest BCUT2D eigenvalue weighted by molar-refractivity contribution is 4.74. The maximum Gasteiger partial charge on any atom is 0.0461 e. The smallest absolute Gasteiger partial charge is 0.0461 e. The second kappa shape index (κ2) is 4.10. The Kier molecular flexibility index (Phi) is 3.38. The van der Waals surface area contributed by atoms with E-state index in [1.807, 2.05) is 0 Å². The van der Waals surface area contributed by atoms with Crippen LogP contribution in [0, 0.1) is 17.8 Å². The first kappa shape index (κ1) is 9.05. The highest BCUT2D eigenvalue weighted by atomic mass is 16.3. The molecule has 0 radical (unpaired) electrons. The van der Waals surface area contributed by atoms with Crippen molar-refractivity contribution in [1.29, 1.82) is 0 Å². The normalized spacial score (nSPS) is 21.8. The maximum absolute atomic E-state index is 9.06. The Hall–Kier alpha value is -0.0400. The second-order valence-corrected chi connectivity index (χ2v) is 4.22. The Morgan fingerprint density at radius 1 is 1.36 bits per heavy atom. The molecule has 1 N–H and O–H groups in total. The van der Waals surface area contributed by atoms with Crippen molar-refractivity contribution in [3.05, 3.63) is 0 Å². The lowest BCUT2D eigenvalue weighted by atomic mass is 9.76. The largest absolute Gasteiger partial charge is 0.396 e. The van der Waals surface area contributed by atoms with Gasteiger partial charge in [0.25, 0.3) is 0 Å². The van der Waals surface area contributed by atoms with E-state index in [0.29, 0.717) is 18.4 Å². The van der Waals surface area contributed by atoms with Crippen LogP contribution < -0.4 is 0 Å². The predicted octanol–water partition coefficient (Wildman–Crippen LogP) is 2.44. The van der Waals surface area contributed by atoms with Gasteiger partial charge in [0.05, 0.1) is 0 Å². The van der Waals surface area contributed by atoms with Crippen LogP contribution in [0.1, 0.15) is 39.5 Å². The van der Waals surface area contributed by atoms with Gasteiger partial charge >= 0.3 is 0 Å². The third-order valence-electron chi connectivity index (χ3n) is 3.04. The molecule has 0 aromatic carbocycles. The van der Waals surface area contributed by atoms with Crippen molar-refractivity contribution in [2.45, 2.75) is 39.5 Å². The summed E-state index contributed by atoms with van der Waals surface area (Å²) >= 11 is 0. The van der Waals surface area contributed by atoms with Crippen molar-refractivity contribution in [3.63, 3.8) is 0 Å². The molecule has 1 heteroatoms. The summed E-state index contributed by atoms with van der Waals surface area (Å²) in [6, 6.07) is 0. The molecular weight excluding hydrogens is 136 g/mol. The summed E-state index contributed by atoms with van der Waals surface area (Å²) in [7, 11) is 0. The van der Waals surface area contributed by atoms with Gasteiger partial charge in [-0.1, -0.05) is 33.1 Å². The summed E-state index contributed by atoms with van der Waals surface area (Å²) in [6.07, 6.45) is 5.49. The molecule has 0 aromatic rings. The lowest BCUT2D eigenvalue weighted by Gasteiger charge is -2.30. The fourth-order valence-corrected chi connectivity index (χ4v) is 1.71. The zero-order valence-corrected chi connectivity index (χ0v) is 7.71. The highest BCUT2D eigenvalue weighted by Gasteiger charge is 2.23. The summed E-state index contributed by atoms with van der Waals surface area (Å²) in [5.41, 5.74) is 0. The van der Waals surface area contributed by atoms with Crippen LogP contribution in [0.2, 0.25) is 0 Å². The van der Waals surface area contributed by atoms with Crippen molar-refractivity contribution < 1.29 is 5.11 Å². The number of hydrogen-bond acceptors (Lipinski definition) is 1. The first-order valence-corrected chi connectivity index (χ1v) is 4.85. The second-order valence-electron chi connectivity index (χ2n) is 4.22. The highest BCUT2D eigenvalue weighted by Crippen LogP contribution is 2.34. The van der Waals surface area contributed by atoms with Gasteiger partial charge in [0.2, 0.25) is 0 Å². The zero-order chi connectivity index (χ0) is 8.27. The minimum Gasteiger partial charge on any atom is -0.396 e. The van der Waals surface area contributed by atoms with Crippen LogP contribution in [-0.4, -0.2) is 11.7 Å². The van der Waals surface area contributed by atoms with Gasteiger partial charge in [-0.25, -0.2) is 0 Å². The van der Waals surface area contributed by atoms with Gasteiger partial charge in [-0.2, -0.15) is 0 Å². The van der Waals surface area contributed by atoms with Crippen LogP contribution in [0.4, 0.5) is 0 Å². The molecule has 66 valence electrons. The number of aliphatic hydroxyl groups excluding tert-OH is 1. The molecule has 0 bridgehead atoms. The molecular formula is C10H20O. The quantitative estimate of drug-likeness (QED) is 0.663. The lowest BCUT2D eigenvalue weighted by molar-refractivity contribution is 0.138. The molecule has 0 amide bonds. The average Bonchev–Trinajstić information content (AvgIpc) is 1.85. The summed E-state index contributed by atoms with van der Waals surface area (Å²) in [6.45, 7) is 4.80. The molecule has 0 heterocycles. The topological polar surface area (TPSA) is 20.2 Å². The van der Waals surface area contributed by atoms with Crippen LogP contribution in [0.15, 0.2) is 0 Å². The molecule has 1 rings (SSSR count). The van der Waals surface area contributed by atoms with Gasteiger partial charge < -0.3 is 5.11 Å². The van der Waals surface area contributed by atoms with Gasteiger partial charge in [0.15, 0.2) is 0 Å². The third kappa shape index (κ3) is 2.48. The lowest BCUT2D eigenvalue weighted by Crippen LogP contribution is -2.21. The van der Waals surface area contributed by atoms with E-state index in [-0.39, 0.29) is 0 Å². The van der Waals surface area contributed by atoms with Crippen molar-refractivity contribution in [3.8, 4) is 0 Å². The van der Waals surface area contributed by atoms with Crippen molar-refractivity contribution in [2.75, 3.05) is 6.61 Å². The molecule has 1 atom stereocenters. The molecule has 0 unspecified atom stereocenters. The standard InChI is InChI=1S/C10H20O/c1-8(2)10(7-11)6-9-4-3-5-9/h8-11H,3-7H2,1-2H3/t10-/m1/s1. The molecule has 1 nitrogen and oxygen atoms in total. The molecule has 1 aliphatic rings. The van der Waals surface area contributed by atoms with Crippen molar-refractivity contribution in [2.24, 2.45) is 17.8 Å². The molecule has 0 spiro atoms. The van der Waals surface area contributed by atoms with Gasteiger partial charge in [0, 0.05) is 6.61 Å². The van der Waals surface area contributed by atoms with Crippen LogP contribution in [0.5, 0.6) is 0 Å². The zero-order valence-electron chi connectivity index (χ0n) is 7.71. The average molecular weight is 156 g/mol. The van der Waals surface area contributed by atoms with Crippen LogP contribution in [0.25, 0.3) is 0 Å². The molecule has 1 fully saturated rings. The van der Waals surface area contributed by atoms with E-state index in [4.69, 9.17) is 5.11 Å². The molecule has 0 aromatic heterocycles. The fraction of sp³-hybridized carbons (Fsp3) is 1.00. The Labute approximate surface area is 69.8 Å². The van der Waals surface area contributed by atoms with E-state index in [1.54, 1.807) is 0 Å². The van der Waals surface area contributed by atoms with E-state index in [9.17, 15) is 0 Å². The third-order valence-corrected chi connectivity index (χ3v) is 3.04. The minimum atomic E-state index is 0.383. The number of rotatable bonds is 4. The van der Waals surface area contributed by atoms with E-state index in [0.717, 1.165) is 5.92 Å². The number of aliphatic hydroxyl groups is 1. The van der Waals surface area contributed by atoms with Crippen LogP contribution in [-0.2, 0) is 0 Å². The fourth-order valence-electron chi connectivity index (χ4n) is 1.71. The van der Waals surface area contributed by atoms with E-state index in [1.165, 1.54) is 25.7 Å². The Bertz CT molecular complexity index is 105. The number of hydrogen-bond donors (Lipinski definition) is 1. The monoisotopic (exact) mass is 156 g/mol. The van der Waals surface area contributed by atoms with Crippen molar-refractivity contribution in [1.82, 2.24) is 0 Å². The van der Waals surface area contributed by atoms with Gasteiger partial charge in [-0.05, 0) is 24.2 Å². The van der Waals surface area contributed by atoms with Gasteiger partial charge in [-0.15, -0.1) is 0 Å². The van der Waals surface area contributed by atoms with Crippen LogP contribution >= 0.6 is 0 Å². The van der Waals surface area contributed by atoms with E-state index < -0.39 is 0 Å². The summed E-state index contributed by atoms with van der Waals surface area (Å²) in [5.74, 6) is 2.15. The Balaban J connectivity index is 2.19. The molecule has 1 saturated carbocycles. The minimum absolute atomic E-state index is 0.383.